The molecule has 0 saturated carbocycles. The summed E-state index contributed by atoms with van der Waals surface area (Å²) < 4.78 is 0. The molecule has 0 aromatic heterocycles. The van der Waals surface area contributed by atoms with Gasteiger partial charge in [0, 0.05) is 0 Å². The van der Waals surface area contributed by atoms with Crippen LogP contribution in [0, 0.1) is 6.08 Å². The molecular formula is C9H15NZr. The molecule has 0 saturated heterocycles. The predicted octanol–water partition coefficient (Wildman–Crippen LogP) is 2.70. The van der Waals surface area contributed by atoms with Crippen LogP contribution in [0.2, 0.25) is 0 Å². The van der Waals surface area contributed by atoms with Crippen LogP contribution in [0.3, 0.4) is 0 Å². The zero-order valence-corrected chi connectivity index (χ0v) is 9.76. The smallest absolute Gasteiger partial charge is 0.663 e. The first-order chi connectivity index (χ1) is 4.91. The van der Waals surface area contributed by atoms with Gasteiger partial charge in [-0.3, -0.25) is 6.08 Å². The molecule has 11 heavy (non-hydrogen) atoms. The van der Waals surface area contributed by atoms with Crippen molar-refractivity contribution < 1.29 is 26.2 Å². The van der Waals surface area contributed by atoms with Crippen molar-refractivity contribution in [3.63, 3.8) is 0 Å². The van der Waals surface area contributed by atoms with Gasteiger partial charge in [-0.2, -0.15) is 19.2 Å². The van der Waals surface area contributed by atoms with E-state index in [1.165, 1.54) is 0 Å². The summed E-state index contributed by atoms with van der Waals surface area (Å²) in [4.78, 5) is 0. The Hall–Kier alpha value is 0.323. The zero-order valence-electron chi connectivity index (χ0n) is 7.30. The number of hydrogen-bond acceptors (Lipinski definition) is 0. The van der Waals surface area contributed by atoms with E-state index < -0.39 is 0 Å². The molecule has 1 aliphatic rings. The summed E-state index contributed by atoms with van der Waals surface area (Å²) in [5.74, 6) is 0. The summed E-state index contributed by atoms with van der Waals surface area (Å²) in [6.07, 6.45) is 10.0. The van der Waals surface area contributed by atoms with Crippen LogP contribution in [0.25, 0.3) is 5.32 Å². The van der Waals surface area contributed by atoms with Gasteiger partial charge < -0.3 is 5.32 Å². The first kappa shape index (κ1) is 13.9. The zero-order chi connectivity index (χ0) is 7.66. The Morgan fingerprint density at radius 2 is 2.00 bits per heavy atom. The van der Waals surface area contributed by atoms with E-state index in [0.717, 1.165) is 19.5 Å². The minimum Gasteiger partial charge on any atom is -0.663 e. The Bertz CT molecular complexity index is 96.1. The minimum atomic E-state index is 0. The van der Waals surface area contributed by atoms with Gasteiger partial charge in [0.1, 0.15) is 0 Å². The van der Waals surface area contributed by atoms with Crippen molar-refractivity contribution in [3.05, 3.63) is 29.6 Å². The fraction of sp³-hybridized carbons (Fsp3) is 0.556. The number of allylic oxidation sites excluding steroid dienone is 4. The summed E-state index contributed by atoms with van der Waals surface area (Å²) in [5, 5.41) is 3.97. The van der Waals surface area contributed by atoms with Gasteiger partial charge >= 0.3 is 26.2 Å². The molecule has 0 N–H and O–H groups in total. The Kier molecular flexibility index (Phi) is 16.3. The van der Waals surface area contributed by atoms with Gasteiger partial charge in [0.15, 0.2) is 0 Å². The van der Waals surface area contributed by atoms with Crippen LogP contribution < -0.4 is 0 Å². The molecule has 2 heteroatoms. The Morgan fingerprint density at radius 3 is 2.09 bits per heavy atom. The maximum absolute atomic E-state index is 3.97. The number of nitrogens with zero attached hydrogens (tertiary/aromatic N) is 1. The fourth-order valence-electron chi connectivity index (χ4n) is 0.564. The molecule has 1 aliphatic carbocycles. The van der Waals surface area contributed by atoms with Gasteiger partial charge in [0.05, 0.1) is 0 Å². The summed E-state index contributed by atoms with van der Waals surface area (Å²) in [5.41, 5.74) is 0. The molecule has 60 valence electrons. The van der Waals surface area contributed by atoms with Crippen molar-refractivity contribution in [3.8, 4) is 0 Å². The van der Waals surface area contributed by atoms with E-state index in [2.05, 4.69) is 17.5 Å². The van der Waals surface area contributed by atoms with Crippen LogP contribution in [0.15, 0.2) is 18.2 Å². The summed E-state index contributed by atoms with van der Waals surface area (Å²) in [6.45, 7) is 6.03. The van der Waals surface area contributed by atoms with E-state index in [1.54, 1.807) is 0 Å². The first-order valence-corrected chi connectivity index (χ1v) is 3.76. The van der Waals surface area contributed by atoms with Crippen molar-refractivity contribution in [1.29, 1.82) is 0 Å². The number of hydrogen-bond donors (Lipinski definition) is 0. The van der Waals surface area contributed by atoms with Crippen LogP contribution in [0.1, 0.15) is 20.3 Å². The van der Waals surface area contributed by atoms with Crippen molar-refractivity contribution in [2.75, 3.05) is 13.1 Å². The summed E-state index contributed by atoms with van der Waals surface area (Å²) >= 11 is 0. The molecule has 0 bridgehead atoms. The maximum Gasteiger partial charge on any atom is 2.00 e. The Balaban J connectivity index is 0. The third kappa shape index (κ3) is 13.3. The second kappa shape index (κ2) is 13.0. The topological polar surface area (TPSA) is 14.1 Å². The van der Waals surface area contributed by atoms with Crippen LogP contribution in [-0.4, -0.2) is 13.1 Å². The number of rotatable bonds is 2. The average Bonchev–Trinajstić information content (AvgIpc) is 2.44. The molecule has 0 amide bonds. The van der Waals surface area contributed by atoms with Gasteiger partial charge in [0.2, 0.25) is 0 Å². The van der Waals surface area contributed by atoms with E-state index in [9.17, 15) is 0 Å². The quantitative estimate of drug-likeness (QED) is 0.645. The van der Waals surface area contributed by atoms with Crippen molar-refractivity contribution in [1.82, 2.24) is 0 Å². The monoisotopic (exact) mass is 227 g/mol. The van der Waals surface area contributed by atoms with Crippen LogP contribution in [0.4, 0.5) is 0 Å². The average molecular weight is 228 g/mol. The van der Waals surface area contributed by atoms with Gasteiger partial charge in [-0.15, -0.1) is 6.42 Å². The molecule has 0 aliphatic heterocycles. The molecule has 0 radical (unpaired) electrons. The molecule has 0 fully saturated rings. The maximum atomic E-state index is 3.97. The SMILES string of the molecule is CC[N-]CC.[C-]1=CC=CC1.[Zr+2]. The van der Waals surface area contributed by atoms with Crippen LogP contribution in [0.5, 0.6) is 0 Å². The summed E-state index contributed by atoms with van der Waals surface area (Å²) in [6, 6.07) is 0. The molecule has 0 spiro atoms. The van der Waals surface area contributed by atoms with Gasteiger partial charge in [-0.25, -0.2) is 12.2 Å². The standard InChI is InChI=1S/C5H5.C4H10N.Zr/c1-2-4-5-3-1;1-3-5-4-2;/h1-3H,4H2;3-4H2,1-2H3;/q2*-1;+2. The van der Waals surface area contributed by atoms with Crippen LogP contribution >= 0.6 is 0 Å². The summed E-state index contributed by atoms with van der Waals surface area (Å²) in [7, 11) is 0. The third-order valence-corrected chi connectivity index (χ3v) is 1.03. The molecule has 0 unspecified atom stereocenters. The molecular weight excluding hydrogens is 213 g/mol. The van der Waals surface area contributed by atoms with E-state index in [0.29, 0.717) is 0 Å². The van der Waals surface area contributed by atoms with Crippen molar-refractivity contribution in [2.24, 2.45) is 0 Å². The second-order valence-electron chi connectivity index (χ2n) is 1.86. The molecule has 0 aromatic carbocycles. The minimum absolute atomic E-state index is 0. The third-order valence-electron chi connectivity index (χ3n) is 1.03. The van der Waals surface area contributed by atoms with Gasteiger partial charge in [0.25, 0.3) is 0 Å². The molecule has 0 heterocycles. The normalized spacial score (nSPS) is 11.8. The van der Waals surface area contributed by atoms with E-state index in [4.69, 9.17) is 0 Å². The van der Waals surface area contributed by atoms with E-state index in [1.807, 2.05) is 26.0 Å². The van der Waals surface area contributed by atoms with Crippen LogP contribution in [-0.2, 0) is 26.2 Å². The van der Waals surface area contributed by atoms with Crippen molar-refractivity contribution in [2.45, 2.75) is 20.3 Å². The van der Waals surface area contributed by atoms with Gasteiger partial charge in [-0.05, 0) is 0 Å². The first-order valence-electron chi connectivity index (χ1n) is 3.76. The Labute approximate surface area is 89.1 Å². The molecule has 1 rings (SSSR count). The van der Waals surface area contributed by atoms with Gasteiger partial charge in [-0.1, -0.05) is 13.8 Å². The Morgan fingerprint density at radius 1 is 1.36 bits per heavy atom. The molecule has 0 atom stereocenters. The predicted molar refractivity (Wildman–Crippen MR) is 46.0 cm³/mol. The van der Waals surface area contributed by atoms with Crippen molar-refractivity contribution >= 4 is 0 Å². The molecule has 1 nitrogen and oxygen atoms in total. The fourth-order valence-corrected chi connectivity index (χ4v) is 0.564. The largest absolute Gasteiger partial charge is 2.00 e. The second-order valence-corrected chi connectivity index (χ2v) is 1.86. The van der Waals surface area contributed by atoms with E-state index in [-0.39, 0.29) is 26.2 Å². The molecule has 0 aromatic rings. The van der Waals surface area contributed by atoms with E-state index >= 15 is 0 Å².